The Morgan fingerprint density at radius 3 is 2.15 bits per heavy atom. The lowest BCUT2D eigenvalue weighted by molar-refractivity contribution is 0.483. The van der Waals surface area contributed by atoms with Crippen molar-refractivity contribution in [2.75, 3.05) is 0 Å². The van der Waals surface area contributed by atoms with Crippen LogP contribution in [0.2, 0.25) is 0 Å². The lowest BCUT2D eigenvalue weighted by atomic mass is 9.88. The maximum absolute atomic E-state index is 6.82. The molecule has 0 aliphatic rings. The van der Waals surface area contributed by atoms with Gasteiger partial charge in [-0.1, -0.05) is 57.2 Å². The van der Waals surface area contributed by atoms with E-state index >= 15 is 0 Å². The smallest absolute Gasteiger partial charge is 0.191 e. The van der Waals surface area contributed by atoms with Crippen LogP contribution < -0.4 is 4.74 Å². The number of aromatic nitrogens is 4. The second-order valence-corrected chi connectivity index (χ2v) is 13.8. The fourth-order valence-electron chi connectivity index (χ4n) is 7.12. The van der Waals surface area contributed by atoms with Gasteiger partial charge < -0.3 is 4.74 Å². The number of ether oxygens (including phenoxy) is 1. The molecule has 8 rings (SSSR count). The molecule has 8 aromatic rings. The Bertz CT molecular complexity index is 2490. The van der Waals surface area contributed by atoms with E-state index in [0.29, 0.717) is 0 Å². The molecule has 0 aliphatic carbocycles. The molecule has 0 fully saturated rings. The van der Waals surface area contributed by atoms with E-state index in [9.17, 15) is 0 Å². The summed E-state index contributed by atoms with van der Waals surface area (Å²) in [5, 5.41) is 2.38. The first-order valence-corrected chi connectivity index (χ1v) is 16.5. The molecule has 3 heterocycles. The van der Waals surface area contributed by atoms with Crippen molar-refractivity contribution in [3.63, 3.8) is 0 Å². The Hall–Kier alpha value is -5.68. The molecule has 3 aromatic heterocycles. The molecule has 0 spiro atoms. The predicted molar refractivity (Wildman–Crippen MR) is 199 cm³/mol. The molecule has 5 heteroatoms. The van der Waals surface area contributed by atoms with Crippen LogP contribution in [0.3, 0.4) is 0 Å². The van der Waals surface area contributed by atoms with Gasteiger partial charge in [-0.15, -0.1) is 0 Å². The van der Waals surface area contributed by atoms with Crippen molar-refractivity contribution in [2.45, 2.75) is 40.0 Å². The number of para-hydroxylation sites is 3. The number of hydrogen-bond donors (Lipinski definition) is 0. The molecule has 0 radical (unpaired) electrons. The van der Waals surface area contributed by atoms with Crippen molar-refractivity contribution in [1.29, 1.82) is 0 Å². The van der Waals surface area contributed by atoms with Crippen LogP contribution >= 0.6 is 0 Å². The third kappa shape index (κ3) is 4.94. The van der Waals surface area contributed by atoms with Crippen molar-refractivity contribution in [3.8, 4) is 34.1 Å². The van der Waals surface area contributed by atoms with Gasteiger partial charge in [0.15, 0.2) is 17.4 Å². The molecule has 0 atom stereocenters. The number of imidazole rings is 1. The highest BCUT2D eigenvalue weighted by Crippen LogP contribution is 2.44. The monoisotopic (exact) mass is 627 g/mol. The van der Waals surface area contributed by atoms with Gasteiger partial charge in [0.25, 0.3) is 0 Å². The standard InChI is InChI=1S/C43H39N4O/c1-28-13-11-14-29(2)41(28)35-25-33(48-32-16-12-15-31(24-32)46-27-45(6)37-19-9-10-20-38(37)46)26-39-42(35)34-17-7-8-18-36(34)47(39)40-23-30(21-22-44-40)43(3,4)5/h7-27H,1-6H3/q+1. The second-order valence-electron chi connectivity index (χ2n) is 13.8. The molecule has 5 nitrogen and oxygen atoms in total. The molecule has 236 valence electrons. The van der Waals surface area contributed by atoms with E-state index < -0.39 is 0 Å². The zero-order valence-electron chi connectivity index (χ0n) is 28.3. The molecule has 0 saturated carbocycles. The summed E-state index contributed by atoms with van der Waals surface area (Å²) in [5.41, 5.74) is 11.6. The molecule has 5 aromatic carbocycles. The summed E-state index contributed by atoms with van der Waals surface area (Å²) in [7, 11) is 2.08. The molecule has 0 aliphatic heterocycles. The summed E-state index contributed by atoms with van der Waals surface area (Å²) in [6.07, 6.45) is 4.05. The highest BCUT2D eigenvalue weighted by molar-refractivity contribution is 6.16. The number of hydrogen-bond acceptors (Lipinski definition) is 2. The minimum atomic E-state index is -0.0126. The van der Waals surface area contributed by atoms with Gasteiger partial charge in [0.2, 0.25) is 0 Å². The van der Waals surface area contributed by atoms with Gasteiger partial charge in [-0.05, 0) is 95.6 Å². The SMILES string of the molecule is Cc1cccc(C)c1-c1cc(Oc2cccc(-n3[cH+]n(C)c4ccccc43)c2)cc2c1c1ccccc1n2-c1cc(C(C)(C)C)ccn1. The Morgan fingerprint density at radius 1 is 0.667 bits per heavy atom. The first kappa shape index (κ1) is 29.7. The third-order valence-corrected chi connectivity index (χ3v) is 9.48. The molecule has 0 unspecified atom stereocenters. The van der Waals surface area contributed by atoms with Gasteiger partial charge in [0.05, 0.1) is 11.0 Å². The zero-order chi connectivity index (χ0) is 33.2. The van der Waals surface area contributed by atoms with E-state index in [1.165, 1.54) is 38.5 Å². The topological polar surface area (TPSA) is 36.9 Å². The Morgan fingerprint density at radius 2 is 1.38 bits per heavy atom. The summed E-state index contributed by atoms with van der Waals surface area (Å²) in [6, 6.07) is 40.7. The summed E-state index contributed by atoms with van der Waals surface area (Å²) < 4.78 is 13.5. The number of aryl methyl sites for hydroxylation is 3. The Balaban J connectivity index is 1.37. The molecular formula is C43H39N4O+. The highest BCUT2D eigenvalue weighted by atomic mass is 16.5. The van der Waals surface area contributed by atoms with E-state index in [0.717, 1.165) is 45.1 Å². The van der Waals surface area contributed by atoms with Gasteiger partial charge in [-0.2, -0.15) is 4.57 Å². The number of nitrogens with zero attached hydrogens (tertiary/aromatic N) is 4. The third-order valence-electron chi connectivity index (χ3n) is 9.48. The Labute approximate surface area is 281 Å². The van der Waals surface area contributed by atoms with Crippen LogP contribution in [0, 0.1) is 13.8 Å². The van der Waals surface area contributed by atoms with Crippen molar-refractivity contribution in [2.24, 2.45) is 7.05 Å². The van der Waals surface area contributed by atoms with Gasteiger partial charge in [0, 0.05) is 54.3 Å². The van der Waals surface area contributed by atoms with Gasteiger partial charge >= 0.3 is 0 Å². The minimum absolute atomic E-state index is 0.0126. The lowest BCUT2D eigenvalue weighted by Gasteiger charge is -2.20. The van der Waals surface area contributed by atoms with Crippen LogP contribution in [0.5, 0.6) is 11.5 Å². The molecule has 0 bridgehead atoms. The van der Waals surface area contributed by atoms with E-state index in [1.54, 1.807) is 0 Å². The molecule has 0 amide bonds. The first-order chi connectivity index (χ1) is 23.2. The quantitative estimate of drug-likeness (QED) is 0.178. The average Bonchev–Trinajstić information content (AvgIpc) is 3.59. The van der Waals surface area contributed by atoms with Gasteiger partial charge in [-0.25, -0.2) is 9.55 Å². The minimum Gasteiger partial charge on any atom is -0.456 e. The maximum Gasteiger partial charge on any atom is 0.191 e. The van der Waals surface area contributed by atoms with Crippen molar-refractivity contribution < 1.29 is 4.74 Å². The van der Waals surface area contributed by atoms with Crippen LogP contribution in [-0.4, -0.2) is 18.7 Å². The summed E-state index contributed by atoms with van der Waals surface area (Å²) in [4.78, 5) is 4.94. The summed E-state index contributed by atoms with van der Waals surface area (Å²) in [6.45, 7) is 11.1. The normalized spacial score (nSPS) is 12.0. The molecular weight excluding hydrogens is 589 g/mol. The van der Waals surface area contributed by atoms with Gasteiger partial charge in [0.1, 0.15) is 23.0 Å². The van der Waals surface area contributed by atoms with Crippen molar-refractivity contribution >= 4 is 32.8 Å². The van der Waals surface area contributed by atoms with Crippen LogP contribution in [-0.2, 0) is 12.5 Å². The fourth-order valence-corrected chi connectivity index (χ4v) is 7.12. The first-order valence-electron chi connectivity index (χ1n) is 16.5. The van der Waals surface area contributed by atoms with E-state index in [4.69, 9.17) is 9.72 Å². The zero-order valence-corrected chi connectivity index (χ0v) is 28.3. The van der Waals surface area contributed by atoms with Crippen molar-refractivity contribution in [1.82, 2.24) is 18.7 Å². The van der Waals surface area contributed by atoms with Crippen molar-refractivity contribution in [3.05, 3.63) is 144 Å². The number of benzene rings is 5. The second kappa shape index (κ2) is 11.2. The molecule has 0 saturated heterocycles. The highest BCUT2D eigenvalue weighted by Gasteiger charge is 2.22. The molecule has 0 N–H and O–H groups in total. The van der Waals surface area contributed by atoms with Crippen LogP contribution in [0.4, 0.5) is 0 Å². The van der Waals surface area contributed by atoms with Gasteiger partial charge in [-0.3, -0.25) is 4.57 Å². The summed E-state index contributed by atoms with van der Waals surface area (Å²) in [5.74, 6) is 2.44. The number of fused-ring (bicyclic) bond motifs is 4. The van der Waals surface area contributed by atoms with Crippen LogP contribution in [0.15, 0.2) is 128 Å². The number of rotatable bonds is 5. The van der Waals surface area contributed by atoms with E-state index in [2.05, 4.69) is 171 Å². The molecule has 48 heavy (non-hydrogen) atoms. The van der Waals surface area contributed by atoms with E-state index in [1.807, 2.05) is 12.3 Å². The fraction of sp³-hybridized carbons (Fsp3) is 0.163. The lowest BCUT2D eigenvalue weighted by Crippen LogP contribution is -2.12. The van der Waals surface area contributed by atoms with Crippen LogP contribution in [0.25, 0.3) is 55.5 Å². The maximum atomic E-state index is 6.82. The largest absolute Gasteiger partial charge is 0.456 e. The summed E-state index contributed by atoms with van der Waals surface area (Å²) >= 11 is 0. The average molecular weight is 628 g/mol. The van der Waals surface area contributed by atoms with E-state index in [-0.39, 0.29) is 5.41 Å². The Kier molecular flexibility index (Phi) is 6.95. The predicted octanol–water partition coefficient (Wildman–Crippen LogP) is 11.1. The number of pyridine rings is 1. The van der Waals surface area contributed by atoms with Crippen LogP contribution in [0.1, 0.15) is 37.5 Å².